The Labute approximate surface area is 213 Å². The van der Waals surface area contributed by atoms with E-state index in [0.717, 1.165) is 36.0 Å². The fourth-order valence-electron chi connectivity index (χ4n) is 4.92. The van der Waals surface area contributed by atoms with Crippen LogP contribution in [0.4, 0.5) is 0 Å². The molecule has 1 aromatic carbocycles. The molecular formula is C29H35N5O2. The summed E-state index contributed by atoms with van der Waals surface area (Å²) in [6.45, 7) is 7.81. The number of carbonyl (C=O) groups excluding carboxylic acids is 2. The second kappa shape index (κ2) is 10.9. The van der Waals surface area contributed by atoms with Crippen LogP contribution in [-0.4, -0.2) is 45.6 Å². The number of benzene rings is 1. The average Bonchev–Trinajstić information content (AvgIpc) is 3.14. The van der Waals surface area contributed by atoms with Crippen LogP contribution in [0.3, 0.4) is 0 Å². The number of allylic oxidation sites excluding steroid dienone is 2. The summed E-state index contributed by atoms with van der Waals surface area (Å²) in [5, 5.41) is 0. The number of hydrogen-bond acceptors (Lipinski definition) is 5. The van der Waals surface area contributed by atoms with Gasteiger partial charge in [0.1, 0.15) is 5.69 Å². The van der Waals surface area contributed by atoms with Crippen molar-refractivity contribution in [3.8, 4) is 0 Å². The van der Waals surface area contributed by atoms with E-state index in [1.165, 1.54) is 4.90 Å². The third kappa shape index (κ3) is 4.83. The molecule has 0 saturated heterocycles. The van der Waals surface area contributed by atoms with Crippen molar-refractivity contribution < 1.29 is 9.59 Å². The SMILES string of the molecule is CCCN(CCC)C(=O)c1cc(CN2C(=O)C(C3=CC(C)CC=C3)(c3ccccc3)N=C2N)ccn1. The Hall–Kier alpha value is -3.74. The zero-order valence-electron chi connectivity index (χ0n) is 21.4. The van der Waals surface area contributed by atoms with Gasteiger partial charge in [0, 0.05) is 19.3 Å². The Kier molecular flexibility index (Phi) is 7.67. The molecule has 2 heterocycles. The summed E-state index contributed by atoms with van der Waals surface area (Å²) in [6.07, 6.45) is 10.5. The largest absolute Gasteiger partial charge is 0.369 e. The predicted octanol–water partition coefficient (Wildman–Crippen LogP) is 4.42. The van der Waals surface area contributed by atoms with Crippen LogP contribution in [0.25, 0.3) is 0 Å². The highest BCUT2D eigenvalue weighted by Gasteiger charge is 2.51. The lowest BCUT2D eigenvalue weighted by molar-refractivity contribution is -0.130. The monoisotopic (exact) mass is 485 g/mol. The summed E-state index contributed by atoms with van der Waals surface area (Å²) in [5.41, 5.74) is 7.96. The molecule has 1 aliphatic carbocycles. The Balaban J connectivity index is 1.66. The van der Waals surface area contributed by atoms with Crippen LogP contribution in [-0.2, 0) is 16.9 Å². The van der Waals surface area contributed by atoms with Crippen LogP contribution < -0.4 is 5.73 Å². The van der Waals surface area contributed by atoms with Crippen molar-refractivity contribution in [2.75, 3.05) is 13.1 Å². The van der Waals surface area contributed by atoms with Crippen LogP contribution in [0.1, 0.15) is 61.6 Å². The highest BCUT2D eigenvalue weighted by atomic mass is 16.2. The van der Waals surface area contributed by atoms with E-state index in [1.54, 1.807) is 12.3 Å². The maximum Gasteiger partial charge on any atom is 0.272 e. The number of guanidine groups is 1. The van der Waals surface area contributed by atoms with Gasteiger partial charge in [-0.3, -0.25) is 19.5 Å². The third-order valence-electron chi connectivity index (χ3n) is 6.65. The molecule has 2 amide bonds. The lowest BCUT2D eigenvalue weighted by atomic mass is 9.78. The van der Waals surface area contributed by atoms with Gasteiger partial charge in [-0.2, -0.15) is 0 Å². The summed E-state index contributed by atoms with van der Waals surface area (Å²) >= 11 is 0. The van der Waals surface area contributed by atoms with Gasteiger partial charge in [0.05, 0.1) is 6.54 Å². The van der Waals surface area contributed by atoms with E-state index in [0.29, 0.717) is 24.7 Å². The number of aromatic nitrogens is 1. The number of nitrogens with zero attached hydrogens (tertiary/aromatic N) is 4. The standard InChI is InChI=1S/C29H35N5O2/c1-4-16-33(17-5-2)26(35)25-19-22(14-15-31-25)20-34-27(36)29(32-28(34)30,23-11-7-6-8-12-23)24-13-9-10-21(3)18-24/h6-9,11-15,18-19,21H,4-5,10,16-17,20H2,1-3H3,(H2,30,32). The van der Waals surface area contributed by atoms with Gasteiger partial charge in [-0.1, -0.05) is 69.3 Å². The fraction of sp³-hybridized carbons (Fsp3) is 0.379. The second-order valence-electron chi connectivity index (χ2n) is 9.52. The summed E-state index contributed by atoms with van der Waals surface area (Å²) < 4.78 is 0. The van der Waals surface area contributed by atoms with Crippen LogP contribution in [0.5, 0.6) is 0 Å². The van der Waals surface area contributed by atoms with Gasteiger partial charge >= 0.3 is 0 Å². The van der Waals surface area contributed by atoms with Crippen LogP contribution >= 0.6 is 0 Å². The van der Waals surface area contributed by atoms with E-state index in [4.69, 9.17) is 10.7 Å². The van der Waals surface area contributed by atoms with Crippen molar-refractivity contribution in [3.63, 3.8) is 0 Å². The minimum absolute atomic E-state index is 0.0972. The zero-order chi connectivity index (χ0) is 25.7. The van der Waals surface area contributed by atoms with Gasteiger partial charge < -0.3 is 10.6 Å². The molecule has 2 unspecified atom stereocenters. The van der Waals surface area contributed by atoms with Gasteiger partial charge in [0.2, 0.25) is 0 Å². The van der Waals surface area contributed by atoms with Gasteiger partial charge in [-0.25, -0.2) is 4.99 Å². The quantitative estimate of drug-likeness (QED) is 0.569. The highest BCUT2D eigenvalue weighted by Crippen LogP contribution is 2.42. The van der Waals surface area contributed by atoms with Gasteiger partial charge in [0.25, 0.3) is 11.8 Å². The highest BCUT2D eigenvalue weighted by molar-refractivity contribution is 6.09. The van der Waals surface area contributed by atoms with Crippen molar-refractivity contribution >= 4 is 17.8 Å². The molecule has 2 aliphatic rings. The van der Waals surface area contributed by atoms with Crippen LogP contribution in [0.15, 0.2) is 77.5 Å². The normalized spacial score (nSPS) is 21.4. The van der Waals surface area contributed by atoms with Crippen molar-refractivity contribution in [3.05, 3.63) is 89.3 Å². The number of rotatable bonds is 9. The zero-order valence-corrected chi connectivity index (χ0v) is 21.4. The number of nitrogens with two attached hydrogens (primary N) is 1. The number of aliphatic imine (C=N–C) groups is 1. The van der Waals surface area contributed by atoms with Crippen molar-refractivity contribution in [1.82, 2.24) is 14.8 Å². The molecule has 188 valence electrons. The molecule has 0 saturated carbocycles. The third-order valence-corrected chi connectivity index (χ3v) is 6.65. The van der Waals surface area contributed by atoms with E-state index in [2.05, 4.69) is 37.9 Å². The Morgan fingerprint density at radius 2 is 1.89 bits per heavy atom. The lowest BCUT2D eigenvalue weighted by Crippen LogP contribution is -2.43. The first-order chi connectivity index (χ1) is 17.4. The van der Waals surface area contributed by atoms with E-state index >= 15 is 0 Å². The number of carbonyl (C=O) groups is 2. The number of hydrogen-bond donors (Lipinski definition) is 1. The molecule has 0 fully saturated rings. The minimum atomic E-state index is -1.22. The van der Waals surface area contributed by atoms with Gasteiger partial charge in [-0.05, 0) is 54.0 Å². The first-order valence-corrected chi connectivity index (χ1v) is 12.8. The predicted molar refractivity (Wildman–Crippen MR) is 142 cm³/mol. The van der Waals surface area contributed by atoms with E-state index in [1.807, 2.05) is 47.4 Å². The molecule has 4 rings (SSSR count). The Morgan fingerprint density at radius 1 is 1.17 bits per heavy atom. The second-order valence-corrected chi connectivity index (χ2v) is 9.52. The lowest BCUT2D eigenvalue weighted by Gasteiger charge is -2.30. The van der Waals surface area contributed by atoms with Crippen molar-refractivity contribution in [1.29, 1.82) is 0 Å². The number of pyridine rings is 1. The molecule has 1 aromatic heterocycles. The maximum absolute atomic E-state index is 14.1. The molecule has 36 heavy (non-hydrogen) atoms. The first kappa shape index (κ1) is 25.4. The first-order valence-electron chi connectivity index (χ1n) is 12.8. The molecular weight excluding hydrogens is 450 g/mol. The molecule has 2 N–H and O–H groups in total. The molecule has 0 spiro atoms. The van der Waals surface area contributed by atoms with E-state index < -0.39 is 5.54 Å². The smallest absolute Gasteiger partial charge is 0.272 e. The van der Waals surface area contributed by atoms with E-state index in [-0.39, 0.29) is 24.3 Å². The number of amides is 2. The molecule has 2 aromatic rings. The van der Waals surface area contributed by atoms with Crippen molar-refractivity contribution in [2.24, 2.45) is 16.6 Å². The van der Waals surface area contributed by atoms with E-state index in [9.17, 15) is 9.59 Å². The van der Waals surface area contributed by atoms with Gasteiger partial charge in [0.15, 0.2) is 11.5 Å². The van der Waals surface area contributed by atoms with Crippen LogP contribution in [0, 0.1) is 5.92 Å². The molecule has 7 nitrogen and oxygen atoms in total. The minimum Gasteiger partial charge on any atom is -0.369 e. The molecule has 7 heteroatoms. The summed E-state index contributed by atoms with van der Waals surface area (Å²) in [4.78, 5) is 39.7. The van der Waals surface area contributed by atoms with Gasteiger partial charge in [-0.15, -0.1) is 0 Å². The molecule has 0 radical (unpaired) electrons. The Morgan fingerprint density at radius 3 is 2.56 bits per heavy atom. The molecule has 1 aliphatic heterocycles. The van der Waals surface area contributed by atoms with Crippen molar-refractivity contribution in [2.45, 2.75) is 52.1 Å². The Bertz CT molecular complexity index is 1200. The average molecular weight is 486 g/mol. The van der Waals surface area contributed by atoms with Crippen LogP contribution in [0.2, 0.25) is 0 Å². The molecule has 0 bridgehead atoms. The fourth-order valence-corrected chi connectivity index (χ4v) is 4.92. The summed E-state index contributed by atoms with van der Waals surface area (Å²) in [5.74, 6) is 0.172. The maximum atomic E-state index is 14.1. The molecule has 2 atom stereocenters. The topological polar surface area (TPSA) is 91.9 Å². The summed E-state index contributed by atoms with van der Waals surface area (Å²) in [6, 6.07) is 13.2. The summed E-state index contributed by atoms with van der Waals surface area (Å²) in [7, 11) is 0.